The average molecular weight is 355 g/mol. The van der Waals surface area contributed by atoms with Crippen molar-refractivity contribution in [2.75, 3.05) is 13.2 Å². The Kier molecular flexibility index (Phi) is 6.67. The summed E-state index contributed by atoms with van der Waals surface area (Å²) in [6, 6.07) is -0.691. The van der Waals surface area contributed by atoms with Crippen LogP contribution >= 0.6 is 34.8 Å². The van der Waals surface area contributed by atoms with E-state index in [1.807, 2.05) is 5.32 Å². The molecule has 3 amide bonds. The number of nitrogens with zero attached hydrogens (tertiary/aromatic N) is 1. The third-order valence-corrected chi connectivity index (χ3v) is 3.28. The Labute approximate surface area is 134 Å². The number of pyridine rings is 1. The van der Waals surface area contributed by atoms with Gasteiger partial charge in [0.1, 0.15) is 0 Å². The molecule has 0 saturated carbocycles. The number of halogens is 3. The van der Waals surface area contributed by atoms with Crippen LogP contribution in [0.1, 0.15) is 17.4 Å². The molecule has 0 saturated heterocycles. The largest absolute Gasteiger partial charge is 0.451 e. The first-order valence-corrected chi connectivity index (χ1v) is 6.74. The lowest BCUT2D eigenvalue weighted by atomic mass is 10.3. The highest BCUT2D eigenvalue weighted by Crippen LogP contribution is 2.31. The van der Waals surface area contributed by atoms with Crippen molar-refractivity contribution < 1.29 is 19.1 Å². The van der Waals surface area contributed by atoms with E-state index in [-0.39, 0.29) is 20.8 Å². The smallest absolute Gasteiger partial charge is 0.359 e. The molecular formula is C11H10Cl3N3O4. The van der Waals surface area contributed by atoms with Crippen LogP contribution in [0.15, 0.2) is 6.20 Å². The highest BCUT2D eigenvalue weighted by molar-refractivity contribution is 6.48. The van der Waals surface area contributed by atoms with E-state index in [0.717, 1.165) is 6.20 Å². The Morgan fingerprint density at radius 1 is 1.24 bits per heavy atom. The van der Waals surface area contributed by atoms with Crippen LogP contribution in [0.4, 0.5) is 4.79 Å². The van der Waals surface area contributed by atoms with E-state index in [4.69, 9.17) is 34.8 Å². The number of rotatable bonds is 4. The third kappa shape index (κ3) is 5.04. The van der Waals surface area contributed by atoms with Gasteiger partial charge in [0.2, 0.25) is 0 Å². The van der Waals surface area contributed by atoms with Gasteiger partial charge in [0.15, 0.2) is 12.3 Å². The van der Waals surface area contributed by atoms with Gasteiger partial charge in [0, 0.05) is 12.7 Å². The molecule has 1 aromatic rings. The second-order valence-corrected chi connectivity index (χ2v) is 4.73. The highest BCUT2D eigenvalue weighted by Gasteiger charge is 2.19. The molecular weight excluding hydrogens is 344 g/mol. The minimum Gasteiger partial charge on any atom is -0.451 e. The Balaban J connectivity index is 2.61. The second-order valence-electron chi connectivity index (χ2n) is 3.57. The summed E-state index contributed by atoms with van der Waals surface area (Å²) in [5.41, 5.74) is -0.281. The summed E-state index contributed by atoms with van der Waals surface area (Å²) in [5, 5.41) is 4.14. The molecule has 1 aromatic heterocycles. The predicted molar refractivity (Wildman–Crippen MR) is 76.8 cm³/mol. The topological polar surface area (TPSA) is 97.4 Å². The van der Waals surface area contributed by atoms with Gasteiger partial charge in [0.05, 0.1) is 15.1 Å². The number of esters is 1. The van der Waals surface area contributed by atoms with E-state index >= 15 is 0 Å². The summed E-state index contributed by atoms with van der Waals surface area (Å²) < 4.78 is 4.66. The average Bonchev–Trinajstić information content (AvgIpc) is 2.42. The van der Waals surface area contributed by atoms with Crippen LogP contribution in [0.5, 0.6) is 0 Å². The summed E-state index contributed by atoms with van der Waals surface area (Å²) in [6.45, 7) is 1.36. The van der Waals surface area contributed by atoms with Crippen molar-refractivity contribution in [2.45, 2.75) is 6.92 Å². The molecule has 21 heavy (non-hydrogen) atoms. The number of amides is 3. The summed E-state index contributed by atoms with van der Waals surface area (Å²) in [7, 11) is 0. The van der Waals surface area contributed by atoms with Gasteiger partial charge >= 0.3 is 12.0 Å². The first kappa shape index (κ1) is 17.5. The van der Waals surface area contributed by atoms with Crippen molar-refractivity contribution in [3.63, 3.8) is 0 Å². The van der Waals surface area contributed by atoms with Gasteiger partial charge in [-0.2, -0.15) is 0 Å². The van der Waals surface area contributed by atoms with Gasteiger partial charge in [-0.3, -0.25) is 10.1 Å². The van der Waals surface area contributed by atoms with E-state index in [1.54, 1.807) is 6.92 Å². The molecule has 0 aromatic carbocycles. The monoisotopic (exact) mass is 353 g/mol. The first-order chi connectivity index (χ1) is 9.86. The molecule has 7 nitrogen and oxygen atoms in total. The molecule has 0 aliphatic rings. The number of urea groups is 1. The van der Waals surface area contributed by atoms with Gasteiger partial charge in [-0.25, -0.2) is 14.6 Å². The number of carbonyl (C=O) groups excluding carboxylic acids is 3. The number of hydrogen-bond donors (Lipinski definition) is 2. The fraction of sp³-hybridized carbons (Fsp3) is 0.273. The number of hydrogen-bond acceptors (Lipinski definition) is 5. The lowest BCUT2D eigenvalue weighted by Crippen LogP contribution is -2.41. The molecule has 1 rings (SSSR count). The molecule has 0 bridgehead atoms. The van der Waals surface area contributed by atoms with E-state index in [1.165, 1.54) is 0 Å². The lowest BCUT2D eigenvalue weighted by Gasteiger charge is -2.07. The highest BCUT2D eigenvalue weighted by atomic mass is 35.5. The zero-order chi connectivity index (χ0) is 16.0. The van der Waals surface area contributed by atoms with E-state index < -0.39 is 24.5 Å². The number of aromatic nitrogens is 1. The van der Waals surface area contributed by atoms with Crippen LogP contribution in [0.25, 0.3) is 0 Å². The maximum absolute atomic E-state index is 11.7. The van der Waals surface area contributed by atoms with E-state index in [9.17, 15) is 14.4 Å². The number of carbonyl (C=O) groups is 3. The summed E-state index contributed by atoms with van der Waals surface area (Å²) in [4.78, 5) is 37.7. The van der Waals surface area contributed by atoms with Gasteiger partial charge in [-0.15, -0.1) is 0 Å². The molecule has 0 fully saturated rings. The number of ether oxygens (including phenoxy) is 1. The summed E-state index contributed by atoms with van der Waals surface area (Å²) in [6.07, 6.45) is 1.13. The van der Waals surface area contributed by atoms with Crippen molar-refractivity contribution >= 4 is 52.7 Å². The normalized spacial score (nSPS) is 9.90. The minimum absolute atomic E-state index is 0.0490. The van der Waals surface area contributed by atoms with Gasteiger partial charge in [-0.05, 0) is 6.92 Å². The fourth-order valence-electron chi connectivity index (χ4n) is 1.15. The van der Waals surface area contributed by atoms with Crippen molar-refractivity contribution in [2.24, 2.45) is 0 Å². The predicted octanol–water partition coefficient (Wildman–Crippen LogP) is 2.04. The fourth-order valence-corrected chi connectivity index (χ4v) is 1.71. The molecule has 2 N–H and O–H groups in total. The van der Waals surface area contributed by atoms with Crippen LogP contribution in [0, 0.1) is 0 Å². The maximum atomic E-state index is 11.7. The zero-order valence-electron chi connectivity index (χ0n) is 10.7. The van der Waals surface area contributed by atoms with Crippen molar-refractivity contribution in [3.8, 4) is 0 Å². The summed E-state index contributed by atoms with van der Waals surface area (Å²) in [5.74, 6) is -1.77. The molecule has 10 heteroatoms. The van der Waals surface area contributed by atoms with Crippen molar-refractivity contribution in [3.05, 3.63) is 27.0 Å². The molecule has 1 heterocycles. The Morgan fingerprint density at radius 3 is 2.52 bits per heavy atom. The standard InChI is InChI=1S/C11H10Cl3N3O4/c1-2-15-11(20)17-6(18)4-21-10(19)9-8(14)7(13)5(12)3-16-9/h3H,2,4H2,1H3,(H2,15,17,18,20). The SMILES string of the molecule is CCNC(=O)NC(=O)COC(=O)c1ncc(Cl)c(Cl)c1Cl. The first-order valence-electron chi connectivity index (χ1n) is 5.61. The Hall–Kier alpha value is -1.57. The van der Waals surface area contributed by atoms with Gasteiger partial charge in [-0.1, -0.05) is 34.8 Å². The Morgan fingerprint density at radius 2 is 1.90 bits per heavy atom. The molecule has 114 valence electrons. The van der Waals surface area contributed by atoms with Crippen molar-refractivity contribution in [1.82, 2.24) is 15.6 Å². The van der Waals surface area contributed by atoms with Crippen LogP contribution in [0.3, 0.4) is 0 Å². The van der Waals surface area contributed by atoms with Crippen LogP contribution in [-0.4, -0.2) is 36.0 Å². The lowest BCUT2D eigenvalue weighted by molar-refractivity contribution is -0.123. The van der Waals surface area contributed by atoms with Gasteiger partial charge < -0.3 is 10.1 Å². The van der Waals surface area contributed by atoms with Crippen LogP contribution < -0.4 is 10.6 Å². The maximum Gasteiger partial charge on any atom is 0.359 e. The van der Waals surface area contributed by atoms with E-state index in [2.05, 4.69) is 15.0 Å². The molecule has 0 aliphatic heterocycles. The molecule has 0 spiro atoms. The minimum atomic E-state index is -0.968. The molecule has 0 aliphatic carbocycles. The molecule has 0 atom stereocenters. The van der Waals surface area contributed by atoms with Gasteiger partial charge in [0.25, 0.3) is 5.91 Å². The molecule has 0 radical (unpaired) electrons. The van der Waals surface area contributed by atoms with E-state index in [0.29, 0.717) is 6.54 Å². The summed E-state index contributed by atoms with van der Waals surface area (Å²) >= 11 is 17.2. The van der Waals surface area contributed by atoms with Crippen LogP contribution in [-0.2, 0) is 9.53 Å². The number of nitrogens with one attached hydrogen (secondary N) is 2. The Bertz CT molecular complexity index is 580. The zero-order valence-corrected chi connectivity index (χ0v) is 13.0. The third-order valence-electron chi connectivity index (χ3n) is 2.04. The number of imide groups is 1. The molecule has 0 unspecified atom stereocenters. The second kappa shape index (κ2) is 8.02. The van der Waals surface area contributed by atoms with Crippen LogP contribution in [0.2, 0.25) is 15.1 Å². The quantitative estimate of drug-likeness (QED) is 0.807. The van der Waals surface area contributed by atoms with Crippen molar-refractivity contribution in [1.29, 1.82) is 0 Å².